The summed E-state index contributed by atoms with van der Waals surface area (Å²) < 4.78 is 0. The second kappa shape index (κ2) is 3.98. The van der Waals surface area contributed by atoms with E-state index >= 15 is 0 Å². The standard InChI is InChI=1S/C11H9N2O/c14-11(9-1-5-12-6-2-9)10-3-7-13-8-4-10/h1-8,14H. The second-order valence-corrected chi connectivity index (χ2v) is 2.82. The van der Waals surface area contributed by atoms with E-state index in [0.29, 0.717) is 0 Å². The third-order valence-electron chi connectivity index (χ3n) is 1.91. The molecule has 0 aromatic carbocycles. The lowest BCUT2D eigenvalue weighted by Crippen LogP contribution is -2.00. The van der Waals surface area contributed by atoms with Gasteiger partial charge in [0.1, 0.15) is 0 Å². The topological polar surface area (TPSA) is 46.0 Å². The van der Waals surface area contributed by atoms with E-state index in [1.807, 2.05) is 0 Å². The van der Waals surface area contributed by atoms with Crippen LogP contribution in [0.1, 0.15) is 11.1 Å². The Labute approximate surface area is 82.1 Å². The lowest BCUT2D eigenvalue weighted by molar-refractivity contribution is 0.356. The van der Waals surface area contributed by atoms with Gasteiger partial charge in [0, 0.05) is 24.8 Å². The van der Waals surface area contributed by atoms with Crippen molar-refractivity contribution < 1.29 is 5.11 Å². The van der Waals surface area contributed by atoms with Gasteiger partial charge in [-0.3, -0.25) is 9.97 Å². The van der Waals surface area contributed by atoms with Gasteiger partial charge in [0.2, 0.25) is 0 Å². The number of pyridine rings is 2. The maximum atomic E-state index is 9.85. The van der Waals surface area contributed by atoms with Gasteiger partial charge >= 0.3 is 0 Å². The van der Waals surface area contributed by atoms with Gasteiger partial charge in [0.25, 0.3) is 0 Å². The minimum Gasteiger partial charge on any atom is -0.377 e. The molecule has 1 radical (unpaired) electrons. The summed E-state index contributed by atoms with van der Waals surface area (Å²) in [5, 5.41) is 9.85. The monoisotopic (exact) mass is 185 g/mol. The molecule has 69 valence electrons. The molecule has 0 bridgehead atoms. The molecule has 0 fully saturated rings. The first kappa shape index (κ1) is 8.84. The van der Waals surface area contributed by atoms with Crippen molar-refractivity contribution in [1.29, 1.82) is 0 Å². The minimum atomic E-state index is 0.245. The highest BCUT2D eigenvalue weighted by Gasteiger charge is 2.10. The van der Waals surface area contributed by atoms with Crippen LogP contribution in [-0.2, 0) is 0 Å². The maximum Gasteiger partial charge on any atom is 0.152 e. The normalized spacial score (nSPS) is 10.4. The van der Waals surface area contributed by atoms with Crippen LogP contribution in [0.5, 0.6) is 0 Å². The van der Waals surface area contributed by atoms with Gasteiger partial charge in [0.05, 0.1) is 0 Å². The van der Waals surface area contributed by atoms with Gasteiger partial charge in [-0.05, 0) is 35.4 Å². The Morgan fingerprint density at radius 2 is 1.14 bits per heavy atom. The summed E-state index contributed by atoms with van der Waals surface area (Å²) in [6, 6.07) is 7.04. The van der Waals surface area contributed by atoms with Crippen molar-refractivity contribution in [3.63, 3.8) is 0 Å². The predicted octanol–water partition coefficient (Wildman–Crippen LogP) is 1.78. The molecule has 0 amide bonds. The fourth-order valence-electron chi connectivity index (χ4n) is 1.19. The molecule has 0 aliphatic carbocycles. The Kier molecular flexibility index (Phi) is 2.51. The van der Waals surface area contributed by atoms with Gasteiger partial charge in [-0.25, -0.2) is 0 Å². The Hall–Kier alpha value is -1.74. The summed E-state index contributed by atoms with van der Waals surface area (Å²) in [6.07, 6.45) is 6.83. The molecule has 0 aliphatic heterocycles. The van der Waals surface area contributed by atoms with Gasteiger partial charge in [-0.1, -0.05) is 0 Å². The summed E-state index contributed by atoms with van der Waals surface area (Å²) in [5.41, 5.74) is 1.51. The summed E-state index contributed by atoms with van der Waals surface area (Å²) in [4.78, 5) is 7.77. The molecule has 3 heteroatoms. The summed E-state index contributed by atoms with van der Waals surface area (Å²) >= 11 is 0. The average molecular weight is 185 g/mol. The first-order valence-electron chi connectivity index (χ1n) is 4.24. The van der Waals surface area contributed by atoms with Crippen molar-refractivity contribution in [2.45, 2.75) is 0 Å². The van der Waals surface area contributed by atoms with E-state index in [4.69, 9.17) is 0 Å². The zero-order valence-corrected chi connectivity index (χ0v) is 7.46. The average Bonchev–Trinajstić information content (AvgIpc) is 2.30. The summed E-state index contributed by atoms with van der Waals surface area (Å²) in [7, 11) is 0. The molecule has 1 N–H and O–H groups in total. The van der Waals surface area contributed by atoms with Crippen molar-refractivity contribution in [2.75, 3.05) is 0 Å². The molecule has 2 aromatic heterocycles. The molecule has 2 heterocycles. The second-order valence-electron chi connectivity index (χ2n) is 2.82. The molecule has 2 aromatic rings. The molecule has 0 spiro atoms. The quantitative estimate of drug-likeness (QED) is 0.775. The smallest absolute Gasteiger partial charge is 0.152 e. The molecular formula is C11H9N2O. The third kappa shape index (κ3) is 1.78. The number of aliphatic hydroxyl groups is 1. The lowest BCUT2D eigenvalue weighted by atomic mass is 10.0. The van der Waals surface area contributed by atoms with E-state index < -0.39 is 0 Å². The molecule has 3 nitrogen and oxygen atoms in total. The van der Waals surface area contributed by atoms with Crippen molar-refractivity contribution >= 4 is 0 Å². The van der Waals surface area contributed by atoms with Crippen molar-refractivity contribution in [3.8, 4) is 0 Å². The Morgan fingerprint density at radius 3 is 1.50 bits per heavy atom. The molecule has 0 unspecified atom stereocenters. The van der Waals surface area contributed by atoms with Crippen LogP contribution in [0.4, 0.5) is 0 Å². The number of hydrogen-bond acceptors (Lipinski definition) is 3. The van der Waals surface area contributed by atoms with Crippen LogP contribution in [0.15, 0.2) is 49.1 Å². The molecule has 0 saturated heterocycles. The van der Waals surface area contributed by atoms with Crippen LogP contribution in [0.3, 0.4) is 0 Å². The summed E-state index contributed by atoms with van der Waals surface area (Å²) in [5.74, 6) is 0. The van der Waals surface area contributed by atoms with E-state index in [1.54, 1.807) is 49.1 Å². The van der Waals surface area contributed by atoms with Crippen LogP contribution in [0.25, 0.3) is 0 Å². The Morgan fingerprint density at radius 1 is 0.786 bits per heavy atom. The zero-order chi connectivity index (χ0) is 9.80. The first-order chi connectivity index (χ1) is 6.88. The van der Waals surface area contributed by atoms with Crippen molar-refractivity contribution in [1.82, 2.24) is 9.97 Å². The number of aliphatic hydroxyl groups excluding tert-OH is 1. The van der Waals surface area contributed by atoms with E-state index in [1.165, 1.54) is 0 Å². The molecule has 2 rings (SSSR count). The first-order valence-corrected chi connectivity index (χ1v) is 4.24. The minimum absolute atomic E-state index is 0.245. The highest BCUT2D eigenvalue weighted by atomic mass is 16.3. The van der Waals surface area contributed by atoms with Crippen LogP contribution in [0.2, 0.25) is 0 Å². The van der Waals surface area contributed by atoms with E-state index in [2.05, 4.69) is 9.97 Å². The Balaban J connectivity index is 2.30. The van der Waals surface area contributed by atoms with Crippen LogP contribution in [-0.4, -0.2) is 15.1 Å². The lowest BCUT2D eigenvalue weighted by Gasteiger charge is -2.08. The molecule has 14 heavy (non-hydrogen) atoms. The fraction of sp³-hybridized carbons (Fsp3) is 0. The fourth-order valence-corrected chi connectivity index (χ4v) is 1.19. The third-order valence-corrected chi connectivity index (χ3v) is 1.91. The molecule has 0 atom stereocenters. The van der Waals surface area contributed by atoms with Crippen LogP contribution < -0.4 is 0 Å². The van der Waals surface area contributed by atoms with Gasteiger partial charge < -0.3 is 5.11 Å². The Bertz CT molecular complexity index is 349. The number of rotatable bonds is 2. The number of aromatic nitrogens is 2. The van der Waals surface area contributed by atoms with Crippen LogP contribution in [0, 0.1) is 6.10 Å². The van der Waals surface area contributed by atoms with Gasteiger partial charge in [-0.2, -0.15) is 0 Å². The molecular weight excluding hydrogens is 176 g/mol. The summed E-state index contributed by atoms with van der Waals surface area (Å²) in [6.45, 7) is 0. The van der Waals surface area contributed by atoms with E-state index in [0.717, 1.165) is 11.1 Å². The zero-order valence-electron chi connectivity index (χ0n) is 7.46. The van der Waals surface area contributed by atoms with Gasteiger partial charge in [0.15, 0.2) is 6.10 Å². The van der Waals surface area contributed by atoms with Gasteiger partial charge in [-0.15, -0.1) is 0 Å². The predicted molar refractivity (Wildman–Crippen MR) is 51.9 cm³/mol. The number of nitrogens with zero attached hydrogens (tertiary/aromatic N) is 2. The van der Waals surface area contributed by atoms with E-state index in [-0.39, 0.29) is 6.10 Å². The maximum absolute atomic E-state index is 9.85. The molecule has 0 aliphatic rings. The van der Waals surface area contributed by atoms with Crippen LogP contribution >= 0.6 is 0 Å². The SMILES string of the molecule is O[C](c1ccncc1)c1ccncc1. The largest absolute Gasteiger partial charge is 0.377 e. The highest BCUT2D eigenvalue weighted by Crippen LogP contribution is 2.18. The molecule has 0 saturated carbocycles. The van der Waals surface area contributed by atoms with Crippen molar-refractivity contribution in [3.05, 3.63) is 66.3 Å². The number of hydrogen-bond donors (Lipinski definition) is 1. The van der Waals surface area contributed by atoms with Crippen molar-refractivity contribution in [2.24, 2.45) is 0 Å². The highest BCUT2D eigenvalue weighted by molar-refractivity contribution is 5.39. The van der Waals surface area contributed by atoms with E-state index in [9.17, 15) is 5.11 Å².